The van der Waals surface area contributed by atoms with Crippen LogP contribution >= 0.6 is 0 Å². The van der Waals surface area contributed by atoms with Gasteiger partial charge >= 0.3 is 6.30 Å². The van der Waals surface area contributed by atoms with Crippen LogP contribution in [0.25, 0.3) is 0 Å². The van der Waals surface area contributed by atoms with Gasteiger partial charge in [-0.3, -0.25) is 10.1 Å². The van der Waals surface area contributed by atoms with Gasteiger partial charge in [0.05, 0.1) is 0 Å². The average Bonchev–Trinajstić information content (AvgIpc) is 2.01. The molecular weight excluding hydrogens is 195 g/mol. The number of carbonyl (C=O) groups excluding carboxylic acids is 1. The number of nitrogens with one attached hydrogen (secondary N) is 1. The van der Waals surface area contributed by atoms with Crippen molar-refractivity contribution in [3.63, 3.8) is 0 Å². The van der Waals surface area contributed by atoms with Gasteiger partial charge in [-0.1, -0.05) is 18.2 Å². The molecule has 14 heavy (non-hydrogen) atoms. The molecule has 1 N–H and O–H groups in total. The zero-order valence-electron chi connectivity index (χ0n) is 7.35. The summed E-state index contributed by atoms with van der Waals surface area (Å²) < 4.78 is 35.4. The quantitative estimate of drug-likeness (QED) is 0.697. The molecule has 0 atom stereocenters. The van der Waals surface area contributed by atoms with Gasteiger partial charge < -0.3 is 0 Å². The molecule has 0 aliphatic heterocycles. The summed E-state index contributed by atoms with van der Waals surface area (Å²) in [5.41, 5.74) is 0.541. The molecule has 0 unspecified atom stereocenters. The molecule has 0 aliphatic rings. The standard InChI is InChI=1S/C9H8F3NO/c1-6-4-2-3-5-7(6)8(14)13-9(10,11)12/h2-5H,1H3,(H,13,14). The van der Waals surface area contributed by atoms with Gasteiger partial charge in [-0.25, -0.2) is 0 Å². The summed E-state index contributed by atoms with van der Waals surface area (Å²) in [6, 6.07) is 6.08. The zero-order chi connectivity index (χ0) is 10.8. The van der Waals surface area contributed by atoms with Crippen molar-refractivity contribution in [2.75, 3.05) is 0 Å². The molecule has 0 saturated heterocycles. The molecule has 76 valence electrons. The number of benzene rings is 1. The average molecular weight is 203 g/mol. The lowest BCUT2D eigenvalue weighted by molar-refractivity contribution is -0.146. The highest BCUT2D eigenvalue weighted by Gasteiger charge is 2.30. The number of carbonyl (C=O) groups is 1. The van der Waals surface area contributed by atoms with Crippen LogP contribution in [0.2, 0.25) is 0 Å². The van der Waals surface area contributed by atoms with Crippen LogP contribution in [0.15, 0.2) is 24.3 Å². The molecule has 0 spiro atoms. The maximum absolute atomic E-state index is 11.8. The van der Waals surface area contributed by atoms with Crippen LogP contribution in [-0.2, 0) is 0 Å². The molecule has 0 saturated carbocycles. The molecule has 0 fully saturated rings. The first-order valence-corrected chi connectivity index (χ1v) is 3.85. The van der Waals surface area contributed by atoms with Crippen molar-refractivity contribution in [1.82, 2.24) is 5.32 Å². The van der Waals surface area contributed by atoms with Crippen LogP contribution in [0.1, 0.15) is 15.9 Å². The van der Waals surface area contributed by atoms with Crippen LogP contribution in [0.4, 0.5) is 13.2 Å². The molecular formula is C9H8F3NO. The van der Waals surface area contributed by atoms with E-state index in [2.05, 4.69) is 0 Å². The summed E-state index contributed by atoms with van der Waals surface area (Å²) in [6.07, 6.45) is -4.68. The fraction of sp³-hybridized carbons (Fsp3) is 0.222. The topological polar surface area (TPSA) is 29.1 Å². The third-order valence-electron chi connectivity index (χ3n) is 1.64. The first-order chi connectivity index (χ1) is 6.40. The monoisotopic (exact) mass is 203 g/mol. The third-order valence-corrected chi connectivity index (χ3v) is 1.64. The first-order valence-electron chi connectivity index (χ1n) is 3.85. The molecule has 0 heterocycles. The van der Waals surface area contributed by atoms with Crippen molar-refractivity contribution >= 4 is 5.91 Å². The molecule has 5 heteroatoms. The van der Waals surface area contributed by atoms with E-state index in [4.69, 9.17) is 0 Å². The number of aryl methyl sites for hydroxylation is 1. The molecule has 0 bridgehead atoms. The summed E-state index contributed by atoms with van der Waals surface area (Å²) in [4.78, 5) is 11.1. The fourth-order valence-electron chi connectivity index (χ4n) is 1.02. The van der Waals surface area contributed by atoms with Crippen molar-refractivity contribution < 1.29 is 18.0 Å². The lowest BCUT2D eigenvalue weighted by atomic mass is 10.1. The fourth-order valence-corrected chi connectivity index (χ4v) is 1.02. The Labute approximate surface area is 78.7 Å². The van der Waals surface area contributed by atoms with E-state index in [9.17, 15) is 18.0 Å². The van der Waals surface area contributed by atoms with E-state index < -0.39 is 12.2 Å². The van der Waals surface area contributed by atoms with Gasteiger partial charge in [0.25, 0.3) is 5.91 Å². The largest absolute Gasteiger partial charge is 0.484 e. The van der Waals surface area contributed by atoms with Gasteiger partial charge in [0.15, 0.2) is 0 Å². The molecule has 1 amide bonds. The second-order valence-electron chi connectivity index (χ2n) is 2.77. The minimum absolute atomic E-state index is 0.0322. The minimum atomic E-state index is -4.68. The van der Waals surface area contributed by atoms with Gasteiger partial charge in [0, 0.05) is 5.56 Å². The Morgan fingerprint density at radius 3 is 2.36 bits per heavy atom. The van der Waals surface area contributed by atoms with Crippen molar-refractivity contribution in [3.05, 3.63) is 35.4 Å². The van der Waals surface area contributed by atoms with Crippen molar-refractivity contribution in [1.29, 1.82) is 0 Å². The number of halogens is 3. The summed E-state index contributed by atoms with van der Waals surface area (Å²) in [5.74, 6) is -1.13. The Morgan fingerprint density at radius 1 is 1.29 bits per heavy atom. The van der Waals surface area contributed by atoms with E-state index in [1.54, 1.807) is 19.1 Å². The minimum Gasteiger partial charge on any atom is -0.269 e. The Bertz CT molecular complexity index is 346. The van der Waals surface area contributed by atoms with Gasteiger partial charge in [-0.15, -0.1) is 0 Å². The zero-order valence-corrected chi connectivity index (χ0v) is 7.35. The van der Waals surface area contributed by atoms with E-state index in [0.717, 1.165) is 5.32 Å². The Kier molecular flexibility index (Phi) is 2.78. The highest BCUT2D eigenvalue weighted by Crippen LogP contribution is 2.13. The molecule has 0 radical (unpaired) electrons. The summed E-state index contributed by atoms with van der Waals surface area (Å²) in [7, 11) is 0. The second kappa shape index (κ2) is 3.69. The van der Waals surface area contributed by atoms with Crippen LogP contribution in [0, 0.1) is 6.92 Å². The molecule has 0 aromatic heterocycles. The van der Waals surface area contributed by atoms with Crippen LogP contribution in [-0.4, -0.2) is 12.2 Å². The number of hydrogen-bond donors (Lipinski definition) is 1. The summed E-state index contributed by atoms with van der Waals surface area (Å²) in [5, 5.41) is 0.937. The number of rotatable bonds is 1. The third kappa shape index (κ3) is 2.76. The lowest BCUT2D eigenvalue weighted by Crippen LogP contribution is -2.37. The number of amides is 1. The van der Waals surface area contributed by atoms with Crippen LogP contribution < -0.4 is 5.32 Å². The maximum Gasteiger partial charge on any atom is 0.484 e. The normalized spacial score (nSPS) is 11.1. The Hall–Kier alpha value is -1.52. The summed E-state index contributed by atoms with van der Waals surface area (Å²) >= 11 is 0. The Morgan fingerprint density at radius 2 is 1.86 bits per heavy atom. The SMILES string of the molecule is Cc1ccccc1C(=O)NC(F)(F)F. The van der Waals surface area contributed by atoms with E-state index >= 15 is 0 Å². The van der Waals surface area contributed by atoms with Crippen molar-refractivity contribution in [2.45, 2.75) is 13.2 Å². The highest BCUT2D eigenvalue weighted by molar-refractivity contribution is 5.95. The number of alkyl halides is 3. The molecule has 2 nitrogen and oxygen atoms in total. The van der Waals surface area contributed by atoms with Crippen molar-refractivity contribution in [2.24, 2.45) is 0 Å². The van der Waals surface area contributed by atoms with Crippen LogP contribution in [0.5, 0.6) is 0 Å². The van der Waals surface area contributed by atoms with Gasteiger partial charge in [0.1, 0.15) is 0 Å². The maximum atomic E-state index is 11.8. The summed E-state index contributed by atoms with van der Waals surface area (Å²) in [6.45, 7) is 1.57. The Balaban J connectivity index is 2.86. The van der Waals surface area contributed by atoms with E-state index in [1.165, 1.54) is 12.1 Å². The second-order valence-corrected chi connectivity index (χ2v) is 2.77. The highest BCUT2D eigenvalue weighted by atomic mass is 19.4. The smallest absolute Gasteiger partial charge is 0.269 e. The van der Waals surface area contributed by atoms with E-state index in [0.29, 0.717) is 5.56 Å². The first kappa shape index (κ1) is 10.6. The predicted molar refractivity (Wildman–Crippen MR) is 44.7 cm³/mol. The molecule has 1 aromatic carbocycles. The molecule has 0 aliphatic carbocycles. The van der Waals surface area contributed by atoms with Gasteiger partial charge in [-0.05, 0) is 18.6 Å². The van der Waals surface area contributed by atoms with Crippen molar-refractivity contribution in [3.8, 4) is 0 Å². The van der Waals surface area contributed by atoms with Gasteiger partial charge in [0.2, 0.25) is 0 Å². The van der Waals surface area contributed by atoms with E-state index in [-0.39, 0.29) is 5.56 Å². The molecule has 1 aromatic rings. The predicted octanol–water partition coefficient (Wildman–Crippen LogP) is 2.24. The molecule has 1 rings (SSSR count). The lowest BCUT2D eigenvalue weighted by Gasteiger charge is -2.09. The van der Waals surface area contributed by atoms with Crippen LogP contribution in [0.3, 0.4) is 0 Å². The van der Waals surface area contributed by atoms with E-state index in [1.807, 2.05) is 0 Å². The van der Waals surface area contributed by atoms with Gasteiger partial charge in [-0.2, -0.15) is 13.2 Å². The number of hydrogen-bond acceptors (Lipinski definition) is 1.